The van der Waals surface area contributed by atoms with E-state index in [0.717, 1.165) is 0 Å². The van der Waals surface area contributed by atoms with Crippen molar-refractivity contribution in [1.82, 2.24) is 4.98 Å². The van der Waals surface area contributed by atoms with Crippen molar-refractivity contribution in [3.8, 4) is 5.75 Å². The zero-order valence-electron chi connectivity index (χ0n) is 8.42. The second-order valence-corrected chi connectivity index (χ2v) is 3.29. The number of hydrogen-bond donors (Lipinski definition) is 2. The summed E-state index contributed by atoms with van der Waals surface area (Å²) in [6.07, 6.45) is 1.52. The van der Waals surface area contributed by atoms with Crippen molar-refractivity contribution < 1.29 is 9.90 Å². The summed E-state index contributed by atoms with van der Waals surface area (Å²) < 4.78 is 0. The number of carbonyl (C=O) groups excluding carboxylic acids is 1. The Morgan fingerprint density at radius 1 is 1.19 bits per heavy atom. The summed E-state index contributed by atoms with van der Waals surface area (Å²) >= 11 is 0. The van der Waals surface area contributed by atoms with E-state index < -0.39 is 0 Å². The van der Waals surface area contributed by atoms with Gasteiger partial charge < -0.3 is 10.8 Å². The van der Waals surface area contributed by atoms with Gasteiger partial charge in [-0.2, -0.15) is 0 Å². The van der Waals surface area contributed by atoms with Gasteiger partial charge in [-0.05, 0) is 24.3 Å². The highest BCUT2D eigenvalue weighted by molar-refractivity contribution is 6.10. The molecule has 0 fully saturated rings. The van der Waals surface area contributed by atoms with E-state index in [2.05, 4.69) is 4.98 Å². The topological polar surface area (TPSA) is 76.2 Å². The first-order chi connectivity index (χ1) is 7.70. The van der Waals surface area contributed by atoms with Gasteiger partial charge in [-0.1, -0.05) is 12.1 Å². The predicted octanol–water partition coefficient (Wildman–Crippen LogP) is 1.60. The normalized spacial score (nSPS) is 10.0. The van der Waals surface area contributed by atoms with Gasteiger partial charge in [-0.25, -0.2) is 0 Å². The lowest BCUT2D eigenvalue weighted by Gasteiger charge is -2.04. The summed E-state index contributed by atoms with van der Waals surface area (Å²) in [6, 6.07) is 9.68. The molecule has 80 valence electrons. The highest BCUT2D eigenvalue weighted by atomic mass is 16.3. The highest BCUT2D eigenvalue weighted by Crippen LogP contribution is 2.25. The first kappa shape index (κ1) is 10.2. The van der Waals surface area contributed by atoms with E-state index in [0.29, 0.717) is 0 Å². The number of carbonyl (C=O) groups is 1. The van der Waals surface area contributed by atoms with Crippen LogP contribution in [-0.4, -0.2) is 15.9 Å². The van der Waals surface area contributed by atoms with Crippen LogP contribution in [-0.2, 0) is 0 Å². The molecule has 3 N–H and O–H groups in total. The maximum Gasteiger partial charge on any atom is 0.215 e. The van der Waals surface area contributed by atoms with Crippen LogP contribution in [0.5, 0.6) is 5.75 Å². The summed E-state index contributed by atoms with van der Waals surface area (Å²) in [5.74, 6) is -0.538. The Morgan fingerprint density at radius 3 is 2.69 bits per heavy atom. The van der Waals surface area contributed by atoms with Crippen LogP contribution in [0.1, 0.15) is 16.1 Å². The molecule has 2 rings (SSSR count). The molecule has 0 spiro atoms. The number of nitrogen functional groups attached to an aromatic ring is 1. The smallest absolute Gasteiger partial charge is 0.215 e. The first-order valence-electron chi connectivity index (χ1n) is 4.73. The van der Waals surface area contributed by atoms with Crippen LogP contribution in [0.25, 0.3) is 0 Å². The molecule has 4 heteroatoms. The van der Waals surface area contributed by atoms with Gasteiger partial charge in [-0.3, -0.25) is 9.78 Å². The third-order valence-corrected chi connectivity index (χ3v) is 2.21. The lowest BCUT2D eigenvalue weighted by atomic mass is 10.1. The Hall–Kier alpha value is -2.36. The second-order valence-electron chi connectivity index (χ2n) is 3.29. The number of anilines is 1. The molecule has 0 atom stereocenters. The van der Waals surface area contributed by atoms with Gasteiger partial charge in [0.25, 0.3) is 0 Å². The molecule has 1 aromatic heterocycles. The van der Waals surface area contributed by atoms with Crippen molar-refractivity contribution in [1.29, 1.82) is 0 Å². The highest BCUT2D eigenvalue weighted by Gasteiger charge is 2.15. The zero-order valence-corrected chi connectivity index (χ0v) is 8.42. The summed E-state index contributed by atoms with van der Waals surface area (Å²) in [7, 11) is 0. The van der Waals surface area contributed by atoms with Gasteiger partial charge in [0.1, 0.15) is 11.4 Å². The van der Waals surface area contributed by atoms with Crippen molar-refractivity contribution in [3.63, 3.8) is 0 Å². The van der Waals surface area contributed by atoms with Crippen LogP contribution in [0.4, 0.5) is 5.69 Å². The Morgan fingerprint density at radius 2 is 2.00 bits per heavy atom. The van der Waals surface area contributed by atoms with Crippen molar-refractivity contribution >= 4 is 11.5 Å². The predicted molar refractivity (Wildman–Crippen MR) is 60.2 cm³/mol. The number of rotatable bonds is 2. The summed E-state index contributed by atoms with van der Waals surface area (Å²) in [5.41, 5.74) is 6.14. The van der Waals surface area contributed by atoms with Crippen LogP contribution in [0, 0.1) is 0 Å². The van der Waals surface area contributed by atoms with E-state index in [1.165, 1.54) is 18.3 Å². The molecule has 16 heavy (non-hydrogen) atoms. The number of nitrogens with two attached hydrogens (primary N) is 1. The van der Waals surface area contributed by atoms with E-state index in [4.69, 9.17) is 5.73 Å². The van der Waals surface area contributed by atoms with Gasteiger partial charge in [0.2, 0.25) is 5.78 Å². The minimum absolute atomic E-state index is 0.165. The van der Waals surface area contributed by atoms with Gasteiger partial charge in [0, 0.05) is 6.20 Å². The molecule has 0 saturated heterocycles. The quantitative estimate of drug-likeness (QED) is 0.452. The molecule has 4 nitrogen and oxygen atoms in total. The number of hydrogen-bond acceptors (Lipinski definition) is 4. The summed E-state index contributed by atoms with van der Waals surface area (Å²) in [5, 5.41) is 9.66. The molecule has 0 bridgehead atoms. The molecule has 0 amide bonds. The van der Waals surface area contributed by atoms with Crippen molar-refractivity contribution in [2.24, 2.45) is 0 Å². The number of para-hydroxylation sites is 1. The maximum atomic E-state index is 11.9. The lowest BCUT2D eigenvalue weighted by Crippen LogP contribution is -2.04. The molecule has 0 aliphatic carbocycles. The number of benzene rings is 1. The molecule has 1 aromatic carbocycles. The zero-order chi connectivity index (χ0) is 11.5. The van der Waals surface area contributed by atoms with Crippen molar-refractivity contribution in [2.75, 3.05) is 5.73 Å². The number of aromatic nitrogens is 1. The molecule has 0 saturated carbocycles. The first-order valence-corrected chi connectivity index (χ1v) is 4.73. The van der Waals surface area contributed by atoms with E-state index in [9.17, 15) is 9.90 Å². The van der Waals surface area contributed by atoms with Crippen molar-refractivity contribution in [2.45, 2.75) is 0 Å². The summed E-state index contributed by atoms with van der Waals surface area (Å²) in [6.45, 7) is 0. The molecule has 0 aliphatic rings. The van der Waals surface area contributed by atoms with E-state index in [-0.39, 0.29) is 28.5 Å². The van der Waals surface area contributed by atoms with Crippen LogP contribution in [0.3, 0.4) is 0 Å². The monoisotopic (exact) mass is 214 g/mol. The van der Waals surface area contributed by atoms with Crippen LogP contribution in [0.2, 0.25) is 0 Å². The standard InChI is InChI=1S/C12H10N2O2/c13-9-5-3-4-8(11(9)15)12(16)10-6-1-2-7-14-10/h1-7,15H,13H2. The molecular formula is C12H10N2O2. The fourth-order valence-corrected chi connectivity index (χ4v) is 1.38. The maximum absolute atomic E-state index is 11.9. The third kappa shape index (κ3) is 1.72. The van der Waals surface area contributed by atoms with Gasteiger partial charge in [0.15, 0.2) is 0 Å². The van der Waals surface area contributed by atoms with E-state index >= 15 is 0 Å². The van der Waals surface area contributed by atoms with Crippen LogP contribution in [0.15, 0.2) is 42.6 Å². The third-order valence-electron chi connectivity index (χ3n) is 2.21. The van der Waals surface area contributed by atoms with Gasteiger partial charge >= 0.3 is 0 Å². The lowest BCUT2D eigenvalue weighted by molar-refractivity contribution is 0.103. The number of phenols is 1. The molecular weight excluding hydrogens is 204 g/mol. The Bertz CT molecular complexity index is 524. The van der Waals surface area contributed by atoms with Gasteiger partial charge in [0.05, 0.1) is 11.3 Å². The molecule has 1 heterocycles. The Kier molecular flexibility index (Phi) is 2.55. The average molecular weight is 214 g/mol. The number of aromatic hydroxyl groups is 1. The number of nitrogens with zero attached hydrogens (tertiary/aromatic N) is 1. The number of phenolic OH excluding ortho intramolecular Hbond substituents is 1. The Balaban J connectivity index is 2.46. The van der Waals surface area contributed by atoms with E-state index in [1.54, 1.807) is 24.3 Å². The van der Waals surface area contributed by atoms with Crippen molar-refractivity contribution in [3.05, 3.63) is 53.9 Å². The number of pyridine rings is 1. The number of ketones is 1. The Labute approximate surface area is 92.4 Å². The second kappa shape index (κ2) is 4.02. The molecule has 2 aromatic rings. The SMILES string of the molecule is Nc1cccc(C(=O)c2ccccn2)c1O. The van der Waals surface area contributed by atoms with Gasteiger partial charge in [-0.15, -0.1) is 0 Å². The minimum Gasteiger partial charge on any atom is -0.505 e. The average Bonchev–Trinajstić information content (AvgIpc) is 2.33. The van der Waals surface area contributed by atoms with Crippen LogP contribution < -0.4 is 5.73 Å². The molecule has 0 aliphatic heterocycles. The fourth-order valence-electron chi connectivity index (χ4n) is 1.38. The summed E-state index contributed by atoms with van der Waals surface area (Å²) in [4.78, 5) is 15.9. The fraction of sp³-hybridized carbons (Fsp3) is 0. The molecule has 0 unspecified atom stereocenters. The van der Waals surface area contributed by atoms with E-state index in [1.807, 2.05) is 0 Å². The molecule has 0 radical (unpaired) electrons. The largest absolute Gasteiger partial charge is 0.505 e. The minimum atomic E-state index is -0.342. The van der Waals surface area contributed by atoms with Crippen LogP contribution >= 0.6 is 0 Å².